The van der Waals surface area contributed by atoms with Crippen molar-refractivity contribution in [1.82, 2.24) is 24.2 Å². The Balaban J connectivity index is 1.48. The zero-order valence-corrected chi connectivity index (χ0v) is 21.4. The number of pyridine rings is 1. The number of aliphatic hydroxyl groups excluding tert-OH is 1. The topological polar surface area (TPSA) is 97.4 Å². The molecule has 1 aromatic carbocycles. The van der Waals surface area contributed by atoms with Crippen molar-refractivity contribution < 1.29 is 23.4 Å². The minimum Gasteiger partial charge on any atom is -0.392 e. The lowest BCUT2D eigenvalue weighted by atomic mass is 10.0. The second kappa shape index (κ2) is 10.5. The molecule has 2 N–H and O–H groups in total. The Morgan fingerprint density at radius 2 is 2.03 bits per heavy atom. The van der Waals surface area contributed by atoms with Crippen molar-refractivity contribution >= 4 is 29.1 Å². The average Bonchev–Trinajstić information content (AvgIpc) is 3.46. The molecular weight excluding hydrogens is 518 g/mol. The number of nitrogens with one attached hydrogen (secondary N) is 1. The smallest absolute Gasteiger partial charge is 0.271 e. The van der Waals surface area contributed by atoms with Crippen LogP contribution >= 0.6 is 11.6 Å². The van der Waals surface area contributed by atoms with Crippen LogP contribution in [0.3, 0.4) is 0 Å². The summed E-state index contributed by atoms with van der Waals surface area (Å²) in [6, 6.07) is 7.20. The molecule has 1 atom stereocenters. The van der Waals surface area contributed by atoms with E-state index in [4.69, 9.17) is 16.3 Å². The number of carbonyl (C=O) groups is 1. The number of benzene rings is 1. The number of carbonyl (C=O) groups excluding carboxylic acids is 1. The second-order valence-electron chi connectivity index (χ2n) is 9.02. The lowest BCUT2D eigenvalue weighted by Gasteiger charge is -2.36. The molecule has 9 nitrogen and oxygen atoms in total. The van der Waals surface area contributed by atoms with Crippen LogP contribution in [0.15, 0.2) is 48.9 Å². The van der Waals surface area contributed by atoms with Gasteiger partial charge in [-0.05, 0) is 35.4 Å². The van der Waals surface area contributed by atoms with Crippen molar-refractivity contribution in [3.8, 4) is 11.1 Å². The van der Waals surface area contributed by atoms with Crippen LogP contribution in [-0.4, -0.2) is 55.0 Å². The third kappa shape index (κ3) is 4.87. The van der Waals surface area contributed by atoms with Gasteiger partial charge < -0.3 is 24.6 Å². The maximum absolute atomic E-state index is 14.1. The van der Waals surface area contributed by atoms with Gasteiger partial charge in [-0.15, -0.1) is 0 Å². The van der Waals surface area contributed by atoms with E-state index in [1.54, 1.807) is 31.2 Å². The Labute approximate surface area is 222 Å². The zero-order chi connectivity index (χ0) is 27.0. The first-order valence-electron chi connectivity index (χ1n) is 11.8. The number of amides is 1. The Bertz CT molecular complexity index is 1480. The van der Waals surface area contributed by atoms with Crippen molar-refractivity contribution in [3.63, 3.8) is 0 Å². The molecule has 0 aliphatic carbocycles. The van der Waals surface area contributed by atoms with Gasteiger partial charge in [0.1, 0.15) is 17.3 Å². The molecule has 1 amide bonds. The number of aryl methyl sites for hydroxylation is 1. The summed E-state index contributed by atoms with van der Waals surface area (Å²) in [6.07, 6.45) is 4.37. The number of nitrogens with zero attached hydrogens (tertiary/aromatic N) is 5. The molecular formula is C26H25ClF2N6O3. The number of fused-ring (bicyclic) bond motifs is 1. The molecule has 0 bridgehead atoms. The Morgan fingerprint density at radius 1 is 1.21 bits per heavy atom. The van der Waals surface area contributed by atoms with Gasteiger partial charge >= 0.3 is 0 Å². The SMILES string of the molecule is COCC1Cn2cc(-c3cc(Nc4c(F)cnn4C)ncc3Cl)cc2C(=O)N1Cc1cc(F)ccc1CO. The number of halogens is 3. The Kier molecular flexibility index (Phi) is 7.15. The van der Waals surface area contributed by atoms with E-state index in [2.05, 4.69) is 15.4 Å². The van der Waals surface area contributed by atoms with Gasteiger partial charge in [0.2, 0.25) is 0 Å². The molecule has 3 aromatic heterocycles. The molecule has 0 saturated carbocycles. The zero-order valence-electron chi connectivity index (χ0n) is 20.7. The predicted molar refractivity (Wildman–Crippen MR) is 137 cm³/mol. The number of rotatable bonds is 8. The molecule has 12 heteroatoms. The van der Waals surface area contributed by atoms with Crippen LogP contribution in [0.25, 0.3) is 11.1 Å². The number of methoxy groups -OCH3 is 1. The highest BCUT2D eigenvalue weighted by atomic mass is 35.5. The van der Waals surface area contributed by atoms with E-state index in [-0.39, 0.29) is 37.5 Å². The van der Waals surface area contributed by atoms with E-state index in [0.717, 1.165) is 6.20 Å². The minimum atomic E-state index is -0.525. The summed E-state index contributed by atoms with van der Waals surface area (Å²) in [5.41, 5.74) is 2.77. The summed E-state index contributed by atoms with van der Waals surface area (Å²) in [7, 11) is 3.15. The van der Waals surface area contributed by atoms with Crippen molar-refractivity contribution in [1.29, 1.82) is 0 Å². The maximum atomic E-state index is 14.1. The van der Waals surface area contributed by atoms with Gasteiger partial charge in [-0.1, -0.05) is 17.7 Å². The number of ether oxygens (including phenoxy) is 1. The lowest BCUT2D eigenvalue weighted by molar-refractivity contribution is 0.0386. The van der Waals surface area contributed by atoms with Crippen LogP contribution < -0.4 is 5.32 Å². The van der Waals surface area contributed by atoms with Crippen molar-refractivity contribution in [3.05, 3.63) is 82.4 Å². The molecule has 0 fully saturated rings. The van der Waals surface area contributed by atoms with Crippen molar-refractivity contribution in [2.24, 2.45) is 7.05 Å². The number of hydrogen-bond acceptors (Lipinski definition) is 6. The standard InChI is InChI=1S/C26H25ClF2N6O3/c1-33-25(22(29)9-31-33)32-24-7-20(21(27)8-30-24)17-6-23-26(37)35(19(14-38-2)12-34(23)10-17)11-16-5-18(28)4-3-15(16)13-36/h3-10,19,36H,11-14H2,1-2H3,(H,30,32). The molecule has 1 aliphatic rings. The van der Waals surface area contributed by atoms with E-state index in [1.807, 2.05) is 10.8 Å². The Morgan fingerprint density at radius 3 is 2.74 bits per heavy atom. The maximum Gasteiger partial charge on any atom is 0.271 e. The monoisotopic (exact) mass is 542 g/mol. The van der Waals surface area contributed by atoms with Gasteiger partial charge in [0.05, 0.1) is 30.5 Å². The summed E-state index contributed by atoms with van der Waals surface area (Å²) in [4.78, 5) is 19.5. The summed E-state index contributed by atoms with van der Waals surface area (Å²) < 4.78 is 36.6. The fourth-order valence-corrected chi connectivity index (χ4v) is 4.86. The van der Waals surface area contributed by atoms with Gasteiger partial charge in [-0.2, -0.15) is 5.10 Å². The summed E-state index contributed by atoms with van der Waals surface area (Å²) in [5.74, 6) is -0.738. The van der Waals surface area contributed by atoms with Gasteiger partial charge in [-0.3, -0.25) is 4.79 Å². The molecule has 4 heterocycles. The highest BCUT2D eigenvalue weighted by Gasteiger charge is 2.34. The van der Waals surface area contributed by atoms with Crippen molar-refractivity contribution in [2.75, 3.05) is 19.0 Å². The summed E-state index contributed by atoms with van der Waals surface area (Å²) in [6.45, 7) is 0.545. The quantitative estimate of drug-likeness (QED) is 0.348. The van der Waals surface area contributed by atoms with E-state index in [1.165, 1.54) is 29.1 Å². The predicted octanol–water partition coefficient (Wildman–Crippen LogP) is 4.12. The first-order chi connectivity index (χ1) is 18.3. The Hall–Kier alpha value is -3.80. The third-order valence-corrected chi connectivity index (χ3v) is 6.87. The largest absolute Gasteiger partial charge is 0.392 e. The lowest BCUT2D eigenvalue weighted by Crippen LogP contribution is -2.49. The summed E-state index contributed by atoms with van der Waals surface area (Å²) in [5, 5.41) is 16.9. The van der Waals surface area contributed by atoms with Gasteiger partial charge in [0, 0.05) is 50.8 Å². The van der Waals surface area contributed by atoms with Crippen LogP contribution in [0.1, 0.15) is 21.6 Å². The van der Waals surface area contributed by atoms with E-state index in [0.29, 0.717) is 45.3 Å². The first kappa shape index (κ1) is 25.8. The van der Waals surface area contributed by atoms with Crippen LogP contribution in [0.4, 0.5) is 20.4 Å². The number of aromatic nitrogens is 4. The van der Waals surface area contributed by atoms with E-state index in [9.17, 15) is 18.7 Å². The fraction of sp³-hybridized carbons (Fsp3) is 0.269. The number of hydrogen-bond donors (Lipinski definition) is 2. The van der Waals surface area contributed by atoms with Gasteiger partial charge in [0.15, 0.2) is 11.6 Å². The van der Waals surface area contributed by atoms with E-state index >= 15 is 0 Å². The highest BCUT2D eigenvalue weighted by Crippen LogP contribution is 2.34. The molecule has 0 radical (unpaired) electrons. The number of aliphatic hydroxyl groups is 1. The third-order valence-electron chi connectivity index (χ3n) is 6.57. The average molecular weight is 543 g/mol. The molecule has 1 unspecified atom stereocenters. The highest BCUT2D eigenvalue weighted by molar-refractivity contribution is 6.33. The van der Waals surface area contributed by atoms with Gasteiger partial charge in [0.25, 0.3) is 5.91 Å². The van der Waals surface area contributed by atoms with Crippen LogP contribution in [0, 0.1) is 11.6 Å². The molecule has 1 aliphatic heterocycles. The normalized spacial score (nSPS) is 15.2. The molecule has 0 spiro atoms. The molecule has 5 rings (SSSR count). The molecule has 198 valence electrons. The number of anilines is 2. The molecule has 4 aromatic rings. The molecule has 38 heavy (non-hydrogen) atoms. The first-order valence-corrected chi connectivity index (χ1v) is 12.2. The van der Waals surface area contributed by atoms with Crippen molar-refractivity contribution in [2.45, 2.75) is 25.7 Å². The minimum absolute atomic E-state index is 0.112. The van der Waals surface area contributed by atoms with Crippen LogP contribution in [0.5, 0.6) is 0 Å². The fourth-order valence-electron chi connectivity index (χ4n) is 4.64. The van der Waals surface area contributed by atoms with Gasteiger partial charge in [-0.25, -0.2) is 18.4 Å². The van der Waals surface area contributed by atoms with Crippen LogP contribution in [-0.2, 0) is 31.5 Å². The summed E-state index contributed by atoms with van der Waals surface area (Å²) >= 11 is 6.47. The van der Waals surface area contributed by atoms with Crippen LogP contribution in [0.2, 0.25) is 5.02 Å². The molecule has 0 saturated heterocycles. The second-order valence-corrected chi connectivity index (χ2v) is 9.43. The van der Waals surface area contributed by atoms with E-state index < -0.39 is 11.6 Å².